The van der Waals surface area contributed by atoms with Gasteiger partial charge in [0.25, 0.3) is 0 Å². The lowest BCUT2D eigenvalue weighted by atomic mass is 10.1. The van der Waals surface area contributed by atoms with Crippen molar-refractivity contribution in [2.75, 3.05) is 19.7 Å². The molecule has 0 spiro atoms. The molecule has 1 unspecified atom stereocenters. The molecule has 6 heteroatoms. The molecule has 1 atom stereocenters. The van der Waals surface area contributed by atoms with Gasteiger partial charge in [0.05, 0.1) is 12.5 Å². The van der Waals surface area contributed by atoms with E-state index in [2.05, 4.69) is 5.32 Å². The molecule has 112 valence electrons. The highest BCUT2D eigenvalue weighted by Gasteiger charge is 2.26. The van der Waals surface area contributed by atoms with E-state index in [4.69, 9.17) is 9.84 Å². The molecule has 0 bridgehead atoms. The summed E-state index contributed by atoms with van der Waals surface area (Å²) in [6.45, 7) is 10.6. The lowest BCUT2D eigenvalue weighted by molar-refractivity contribution is -0.137. The number of carbonyl (C=O) groups excluding carboxylic acids is 1. The highest BCUT2D eigenvalue weighted by atomic mass is 16.5. The molecule has 0 rings (SSSR count). The van der Waals surface area contributed by atoms with Crippen molar-refractivity contribution in [1.29, 1.82) is 0 Å². The van der Waals surface area contributed by atoms with E-state index in [0.717, 1.165) is 0 Å². The summed E-state index contributed by atoms with van der Waals surface area (Å²) < 4.78 is 5.33. The maximum Gasteiger partial charge on any atom is 0.317 e. The number of nitrogens with zero attached hydrogens (tertiary/aromatic N) is 1. The summed E-state index contributed by atoms with van der Waals surface area (Å²) in [6.07, 6.45) is -0.124. The average molecular weight is 274 g/mol. The highest BCUT2D eigenvalue weighted by Crippen LogP contribution is 2.13. The Hall–Kier alpha value is -1.30. The minimum absolute atomic E-state index is 0.0600. The van der Waals surface area contributed by atoms with Crippen molar-refractivity contribution in [2.24, 2.45) is 0 Å². The minimum Gasteiger partial charge on any atom is -0.481 e. The smallest absolute Gasteiger partial charge is 0.317 e. The minimum atomic E-state index is -0.912. The number of carboxylic acid groups (broad SMARTS) is 1. The lowest BCUT2D eigenvalue weighted by Gasteiger charge is -2.35. The van der Waals surface area contributed by atoms with Gasteiger partial charge in [0.15, 0.2) is 0 Å². The van der Waals surface area contributed by atoms with Crippen LogP contribution in [0.1, 0.15) is 41.0 Å². The van der Waals surface area contributed by atoms with Gasteiger partial charge in [-0.2, -0.15) is 0 Å². The van der Waals surface area contributed by atoms with Gasteiger partial charge in [-0.25, -0.2) is 4.79 Å². The van der Waals surface area contributed by atoms with E-state index in [1.165, 1.54) is 4.90 Å². The van der Waals surface area contributed by atoms with Crippen LogP contribution in [0.4, 0.5) is 4.79 Å². The van der Waals surface area contributed by atoms with Crippen LogP contribution in [0.15, 0.2) is 0 Å². The first-order valence-electron chi connectivity index (χ1n) is 6.57. The fraction of sp³-hybridized carbons (Fsp3) is 0.846. The van der Waals surface area contributed by atoms with Crippen LogP contribution < -0.4 is 5.32 Å². The maximum atomic E-state index is 12.1. The van der Waals surface area contributed by atoms with Gasteiger partial charge in [-0.05, 0) is 34.6 Å². The number of nitrogens with one attached hydrogen (secondary N) is 1. The molecule has 0 saturated carbocycles. The van der Waals surface area contributed by atoms with Gasteiger partial charge < -0.3 is 20.1 Å². The maximum absolute atomic E-state index is 12.1. The number of aliphatic carboxylic acids is 1. The SMILES string of the molecule is CCOC(C)CNC(=O)N(CCC(=O)O)C(C)(C)C. The number of carboxylic acids is 1. The summed E-state index contributed by atoms with van der Waals surface area (Å²) in [5.41, 5.74) is -0.422. The monoisotopic (exact) mass is 274 g/mol. The Bertz CT molecular complexity index is 300. The molecule has 2 N–H and O–H groups in total. The third kappa shape index (κ3) is 7.66. The van der Waals surface area contributed by atoms with E-state index >= 15 is 0 Å². The van der Waals surface area contributed by atoms with Gasteiger partial charge in [-0.1, -0.05) is 0 Å². The summed E-state index contributed by atoms with van der Waals surface area (Å²) in [5.74, 6) is -0.912. The van der Waals surface area contributed by atoms with Crippen molar-refractivity contribution >= 4 is 12.0 Å². The van der Waals surface area contributed by atoms with Crippen LogP contribution in [-0.2, 0) is 9.53 Å². The van der Waals surface area contributed by atoms with E-state index in [0.29, 0.717) is 13.2 Å². The van der Waals surface area contributed by atoms with Crippen LogP contribution in [0.25, 0.3) is 0 Å². The first-order chi connectivity index (χ1) is 8.68. The molecule has 19 heavy (non-hydrogen) atoms. The summed E-state index contributed by atoms with van der Waals surface area (Å²) in [6, 6.07) is -0.264. The zero-order chi connectivity index (χ0) is 15.1. The van der Waals surface area contributed by atoms with Gasteiger partial charge in [0.2, 0.25) is 0 Å². The zero-order valence-corrected chi connectivity index (χ0v) is 12.5. The average Bonchev–Trinajstić information content (AvgIpc) is 2.24. The standard InChI is InChI=1S/C13H26N2O4/c1-6-19-10(2)9-14-12(18)15(13(3,4)5)8-7-11(16)17/h10H,6-9H2,1-5H3,(H,14,18)(H,16,17). The molecule has 0 saturated heterocycles. The fourth-order valence-electron chi connectivity index (χ4n) is 1.62. The summed E-state index contributed by atoms with van der Waals surface area (Å²) in [7, 11) is 0. The summed E-state index contributed by atoms with van der Waals surface area (Å²) in [4.78, 5) is 24.2. The van der Waals surface area contributed by atoms with E-state index < -0.39 is 11.5 Å². The van der Waals surface area contributed by atoms with Gasteiger partial charge in [0, 0.05) is 25.2 Å². The van der Waals surface area contributed by atoms with Crippen molar-refractivity contribution in [3.63, 3.8) is 0 Å². The molecule has 0 aliphatic heterocycles. The third-order valence-corrected chi connectivity index (χ3v) is 2.60. The molecule has 0 aromatic rings. The molecule has 0 aromatic carbocycles. The van der Waals surface area contributed by atoms with E-state index in [1.54, 1.807) is 0 Å². The Morgan fingerprint density at radius 3 is 2.37 bits per heavy atom. The topological polar surface area (TPSA) is 78.9 Å². The van der Waals surface area contributed by atoms with Crippen LogP contribution in [0, 0.1) is 0 Å². The van der Waals surface area contributed by atoms with Crippen molar-refractivity contribution < 1.29 is 19.4 Å². The predicted octanol–water partition coefficient (Wildman–Crippen LogP) is 1.70. The molecule has 6 nitrogen and oxygen atoms in total. The second-order valence-corrected chi connectivity index (χ2v) is 5.42. The Kier molecular flexibility index (Phi) is 7.44. The predicted molar refractivity (Wildman–Crippen MR) is 73.2 cm³/mol. The van der Waals surface area contributed by atoms with Crippen LogP contribution in [0.3, 0.4) is 0 Å². The largest absolute Gasteiger partial charge is 0.481 e. The lowest BCUT2D eigenvalue weighted by Crippen LogP contribution is -2.52. The molecule has 2 amide bonds. The Labute approximate surface area is 115 Å². The van der Waals surface area contributed by atoms with Crippen molar-refractivity contribution in [2.45, 2.75) is 52.7 Å². The number of amides is 2. The number of carbonyl (C=O) groups is 2. The van der Waals surface area contributed by atoms with Gasteiger partial charge in [-0.15, -0.1) is 0 Å². The molecule has 0 aromatic heterocycles. The van der Waals surface area contributed by atoms with E-state index in [-0.39, 0.29) is 25.1 Å². The van der Waals surface area contributed by atoms with Crippen LogP contribution in [0.2, 0.25) is 0 Å². The molecule has 0 radical (unpaired) electrons. The van der Waals surface area contributed by atoms with E-state index in [1.807, 2.05) is 34.6 Å². The van der Waals surface area contributed by atoms with Crippen LogP contribution in [-0.4, -0.2) is 53.3 Å². The number of ether oxygens (including phenoxy) is 1. The molecule has 0 aliphatic rings. The van der Waals surface area contributed by atoms with Gasteiger partial charge >= 0.3 is 12.0 Å². The third-order valence-electron chi connectivity index (χ3n) is 2.60. The summed E-state index contributed by atoms with van der Waals surface area (Å²) >= 11 is 0. The highest BCUT2D eigenvalue weighted by molar-refractivity contribution is 5.76. The molecule has 0 heterocycles. The summed E-state index contributed by atoms with van der Waals surface area (Å²) in [5, 5.41) is 11.5. The fourth-order valence-corrected chi connectivity index (χ4v) is 1.62. The Morgan fingerprint density at radius 1 is 1.37 bits per heavy atom. The van der Waals surface area contributed by atoms with E-state index in [9.17, 15) is 9.59 Å². The van der Waals surface area contributed by atoms with Crippen molar-refractivity contribution in [1.82, 2.24) is 10.2 Å². The Morgan fingerprint density at radius 2 is 1.95 bits per heavy atom. The first kappa shape index (κ1) is 17.7. The zero-order valence-electron chi connectivity index (χ0n) is 12.5. The quantitative estimate of drug-likeness (QED) is 0.740. The molecular weight excluding hydrogens is 248 g/mol. The van der Waals surface area contributed by atoms with Gasteiger partial charge in [-0.3, -0.25) is 4.79 Å². The number of rotatable bonds is 7. The van der Waals surface area contributed by atoms with Crippen molar-refractivity contribution in [3.8, 4) is 0 Å². The molecular formula is C13H26N2O4. The Balaban J connectivity index is 4.43. The first-order valence-corrected chi connectivity index (χ1v) is 6.57. The van der Waals surface area contributed by atoms with Gasteiger partial charge in [0.1, 0.15) is 0 Å². The molecule has 0 fully saturated rings. The number of urea groups is 1. The normalized spacial score (nSPS) is 12.9. The number of hydrogen-bond acceptors (Lipinski definition) is 3. The second-order valence-electron chi connectivity index (χ2n) is 5.42. The number of hydrogen-bond donors (Lipinski definition) is 2. The second kappa shape index (κ2) is 7.99. The van der Waals surface area contributed by atoms with Crippen LogP contribution in [0.5, 0.6) is 0 Å². The van der Waals surface area contributed by atoms with Crippen LogP contribution >= 0.6 is 0 Å². The van der Waals surface area contributed by atoms with Crippen molar-refractivity contribution in [3.05, 3.63) is 0 Å². The molecule has 0 aliphatic carbocycles.